The Morgan fingerprint density at radius 3 is 2.40 bits per heavy atom. The van der Waals surface area contributed by atoms with Crippen molar-refractivity contribution in [1.82, 2.24) is 0 Å². The minimum Gasteiger partial charge on any atom is -0.496 e. The Morgan fingerprint density at radius 2 is 1.75 bits per heavy atom. The van der Waals surface area contributed by atoms with E-state index in [4.69, 9.17) is 9.47 Å². The maximum Gasteiger partial charge on any atom is 0.125 e. The maximum atomic E-state index is 9.74. The highest BCUT2D eigenvalue weighted by molar-refractivity contribution is 5.34. The van der Waals surface area contributed by atoms with Crippen LogP contribution >= 0.6 is 0 Å². The fourth-order valence-electron chi connectivity index (χ4n) is 2.01. The molecule has 0 fully saturated rings. The van der Waals surface area contributed by atoms with Crippen LogP contribution in [0, 0.1) is 0 Å². The summed E-state index contributed by atoms with van der Waals surface area (Å²) in [5, 5.41) is 9.74. The number of ether oxygens (including phenoxy) is 2. The van der Waals surface area contributed by atoms with Crippen molar-refractivity contribution in [2.45, 2.75) is 26.1 Å². The van der Waals surface area contributed by atoms with E-state index in [1.807, 2.05) is 55.5 Å². The van der Waals surface area contributed by atoms with E-state index >= 15 is 0 Å². The summed E-state index contributed by atoms with van der Waals surface area (Å²) in [6.45, 7) is 2.41. The van der Waals surface area contributed by atoms with E-state index in [0.29, 0.717) is 13.0 Å². The summed E-state index contributed by atoms with van der Waals surface area (Å²) < 4.78 is 11.0. The fourth-order valence-corrected chi connectivity index (χ4v) is 2.01. The number of aliphatic hydroxyl groups excluding tert-OH is 1. The van der Waals surface area contributed by atoms with E-state index in [-0.39, 0.29) is 0 Å². The van der Waals surface area contributed by atoms with Crippen LogP contribution in [0.15, 0.2) is 48.5 Å². The van der Waals surface area contributed by atoms with Gasteiger partial charge in [0.1, 0.15) is 18.1 Å². The lowest BCUT2D eigenvalue weighted by molar-refractivity contribution is 0.173. The number of para-hydroxylation sites is 1. The van der Waals surface area contributed by atoms with Crippen molar-refractivity contribution in [1.29, 1.82) is 0 Å². The molecule has 2 aromatic rings. The molecule has 0 heterocycles. The highest BCUT2D eigenvalue weighted by Gasteiger charge is 2.05. The molecule has 0 aromatic heterocycles. The molecule has 0 aliphatic rings. The Kier molecular flexibility index (Phi) is 5.02. The van der Waals surface area contributed by atoms with E-state index in [1.54, 1.807) is 7.11 Å². The topological polar surface area (TPSA) is 38.7 Å². The van der Waals surface area contributed by atoms with Gasteiger partial charge < -0.3 is 14.6 Å². The summed E-state index contributed by atoms with van der Waals surface area (Å²) in [5.41, 5.74) is 1.92. The highest BCUT2D eigenvalue weighted by Crippen LogP contribution is 2.22. The van der Waals surface area contributed by atoms with Gasteiger partial charge in [0.05, 0.1) is 13.2 Å². The molecule has 2 rings (SSSR count). The molecule has 2 aromatic carbocycles. The van der Waals surface area contributed by atoms with Crippen molar-refractivity contribution in [3.63, 3.8) is 0 Å². The quantitative estimate of drug-likeness (QED) is 0.871. The largest absolute Gasteiger partial charge is 0.496 e. The summed E-state index contributed by atoms with van der Waals surface area (Å²) in [7, 11) is 1.65. The molecule has 1 atom stereocenters. The molecule has 0 bridgehead atoms. The van der Waals surface area contributed by atoms with Gasteiger partial charge in [-0.3, -0.25) is 0 Å². The molecule has 3 heteroatoms. The highest BCUT2D eigenvalue weighted by atomic mass is 16.5. The van der Waals surface area contributed by atoms with E-state index in [0.717, 1.165) is 22.6 Å². The Hall–Kier alpha value is -2.00. The second kappa shape index (κ2) is 6.96. The summed E-state index contributed by atoms with van der Waals surface area (Å²) >= 11 is 0. The zero-order valence-electron chi connectivity index (χ0n) is 11.9. The van der Waals surface area contributed by atoms with Gasteiger partial charge in [0.25, 0.3) is 0 Å². The molecule has 1 unspecified atom stereocenters. The van der Waals surface area contributed by atoms with Crippen molar-refractivity contribution in [2.75, 3.05) is 7.11 Å². The first-order valence-corrected chi connectivity index (χ1v) is 6.77. The van der Waals surface area contributed by atoms with Gasteiger partial charge in [0.15, 0.2) is 0 Å². The van der Waals surface area contributed by atoms with Gasteiger partial charge in [-0.05, 0) is 30.2 Å². The predicted molar refractivity (Wildman–Crippen MR) is 79.0 cm³/mol. The van der Waals surface area contributed by atoms with Gasteiger partial charge in [-0.15, -0.1) is 0 Å². The van der Waals surface area contributed by atoms with Crippen molar-refractivity contribution < 1.29 is 14.6 Å². The first kappa shape index (κ1) is 14.4. The molecule has 0 aliphatic carbocycles. The molecular weight excluding hydrogens is 252 g/mol. The monoisotopic (exact) mass is 272 g/mol. The Balaban J connectivity index is 2.00. The molecule has 0 saturated carbocycles. The van der Waals surface area contributed by atoms with Crippen LogP contribution < -0.4 is 9.47 Å². The molecular formula is C17H20O3. The standard InChI is InChI=1S/C17H20O3/c1-3-16(18)13-8-10-15(11-9-13)20-12-14-6-4-5-7-17(14)19-2/h4-11,16,18H,3,12H2,1-2H3. The molecule has 1 N–H and O–H groups in total. The van der Waals surface area contributed by atoms with Crippen LogP contribution in [0.4, 0.5) is 0 Å². The zero-order valence-corrected chi connectivity index (χ0v) is 11.9. The summed E-state index contributed by atoms with van der Waals surface area (Å²) in [4.78, 5) is 0. The van der Waals surface area contributed by atoms with Crippen molar-refractivity contribution in [2.24, 2.45) is 0 Å². The number of hydrogen-bond donors (Lipinski definition) is 1. The first-order chi connectivity index (χ1) is 9.74. The Bertz CT molecular complexity index is 534. The van der Waals surface area contributed by atoms with Crippen molar-refractivity contribution in [3.8, 4) is 11.5 Å². The Morgan fingerprint density at radius 1 is 1.05 bits per heavy atom. The molecule has 0 radical (unpaired) electrons. The molecule has 0 saturated heterocycles. The van der Waals surface area contributed by atoms with Gasteiger partial charge in [-0.2, -0.15) is 0 Å². The normalized spacial score (nSPS) is 11.9. The molecule has 0 aliphatic heterocycles. The third-order valence-corrected chi connectivity index (χ3v) is 3.24. The summed E-state index contributed by atoms with van der Waals surface area (Å²) in [6.07, 6.45) is 0.305. The summed E-state index contributed by atoms with van der Waals surface area (Å²) in [6, 6.07) is 15.3. The van der Waals surface area contributed by atoms with E-state index in [2.05, 4.69) is 0 Å². The van der Waals surface area contributed by atoms with Gasteiger partial charge >= 0.3 is 0 Å². The van der Waals surface area contributed by atoms with Gasteiger partial charge in [-0.1, -0.05) is 37.3 Å². The van der Waals surface area contributed by atoms with Crippen LogP contribution in [0.5, 0.6) is 11.5 Å². The smallest absolute Gasteiger partial charge is 0.125 e. The van der Waals surface area contributed by atoms with Gasteiger partial charge in [0, 0.05) is 5.56 Å². The average molecular weight is 272 g/mol. The van der Waals surface area contributed by atoms with Crippen LogP contribution in [-0.2, 0) is 6.61 Å². The number of methoxy groups -OCH3 is 1. The van der Waals surface area contributed by atoms with E-state index in [9.17, 15) is 5.11 Å². The van der Waals surface area contributed by atoms with Crippen LogP contribution in [0.1, 0.15) is 30.6 Å². The second-order valence-electron chi connectivity index (χ2n) is 4.59. The van der Waals surface area contributed by atoms with E-state index < -0.39 is 6.10 Å². The lowest BCUT2D eigenvalue weighted by Crippen LogP contribution is -1.99. The van der Waals surface area contributed by atoms with Gasteiger partial charge in [0.2, 0.25) is 0 Å². The maximum absolute atomic E-state index is 9.74. The third kappa shape index (κ3) is 3.52. The van der Waals surface area contributed by atoms with Crippen molar-refractivity contribution in [3.05, 3.63) is 59.7 Å². The minimum atomic E-state index is -0.404. The fraction of sp³-hybridized carbons (Fsp3) is 0.294. The number of hydrogen-bond acceptors (Lipinski definition) is 3. The Labute approximate surface area is 119 Å². The lowest BCUT2D eigenvalue weighted by Gasteiger charge is -2.11. The number of aliphatic hydroxyl groups is 1. The molecule has 106 valence electrons. The molecule has 0 amide bonds. The third-order valence-electron chi connectivity index (χ3n) is 3.24. The van der Waals surface area contributed by atoms with Crippen LogP contribution in [-0.4, -0.2) is 12.2 Å². The lowest BCUT2D eigenvalue weighted by atomic mass is 10.1. The SMILES string of the molecule is CCC(O)c1ccc(OCc2ccccc2OC)cc1. The number of rotatable bonds is 6. The van der Waals surface area contributed by atoms with Crippen LogP contribution in [0.25, 0.3) is 0 Å². The summed E-state index contributed by atoms with van der Waals surface area (Å²) in [5.74, 6) is 1.61. The van der Waals surface area contributed by atoms with Gasteiger partial charge in [-0.25, -0.2) is 0 Å². The van der Waals surface area contributed by atoms with E-state index in [1.165, 1.54) is 0 Å². The zero-order chi connectivity index (χ0) is 14.4. The first-order valence-electron chi connectivity index (χ1n) is 6.77. The molecule has 0 spiro atoms. The second-order valence-corrected chi connectivity index (χ2v) is 4.59. The van der Waals surface area contributed by atoms with Crippen molar-refractivity contribution >= 4 is 0 Å². The number of benzene rings is 2. The minimum absolute atomic E-state index is 0.404. The van der Waals surface area contributed by atoms with Crippen LogP contribution in [0.3, 0.4) is 0 Å². The average Bonchev–Trinajstić information content (AvgIpc) is 2.53. The predicted octanol–water partition coefficient (Wildman–Crippen LogP) is 3.72. The molecule has 3 nitrogen and oxygen atoms in total. The molecule has 20 heavy (non-hydrogen) atoms. The van der Waals surface area contributed by atoms with Crippen LogP contribution in [0.2, 0.25) is 0 Å².